The molecule has 0 aromatic heterocycles. The number of carbonyl (C=O) groups excluding carboxylic acids is 1. The Labute approximate surface area is 130 Å². The van der Waals surface area contributed by atoms with Gasteiger partial charge in [-0.3, -0.25) is 4.79 Å². The van der Waals surface area contributed by atoms with Crippen molar-refractivity contribution < 1.29 is 9.53 Å². The first kappa shape index (κ1) is 15.8. The normalized spacial score (nSPS) is 10.6. The standard InChI is InChI=1S/C18H20N2O2/c1-2-6-15-9-11-17(12-10-15)22-14-18(21)20-19-13-16-7-4-3-5-8-16/h3-5,7-13H,2,6,14H2,1H3,(H,20,21)/b19-13+. The maximum absolute atomic E-state index is 11.6. The summed E-state index contributed by atoms with van der Waals surface area (Å²) < 4.78 is 5.42. The van der Waals surface area contributed by atoms with Gasteiger partial charge in [0.1, 0.15) is 5.75 Å². The largest absolute Gasteiger partial charge is 0.484 e. The van der Waals surface area contributed by atoms with Crippen LogP contribution < -0.4 is 10.2 Å². The summed E-state index contributed by atoms with van der Waals surface area (Å²) in [4.78, 5) is 11.6. The van der Waals surface area contributed by atoms with Gasteiger partial charge in [-0.25, -0.2) is 5.43 Å². The Hall–Kier alpha value is -2.62. The highest BCUT2D eigenvalue weighted by Crippen LogP contribution is 2.13. The van der Waals surface area contributed by atoms with Crippen molar-refractivity contribution >= 4 is 12.1 Å². The third-order valence-electron chi connectivity index (χ3n) is 3.03. The molecule has 0 aliphatic heterocycles. The number of nitrogens with zero attached hydrogens (tertiary/aromatic N) is 1. The zero-order valence-corrected chi connectivity index (χ0v) is 12.7. The van der Waals surface area contributed by atoms with Crippen LogP contribution >= 0.6 is 0 Å². The first-order chi connectivity index (χ1) is 10.8. The third kappa shape index (κ3) is 5.40. The van der Waals surface area contributed by atoms with Crippen LogP contribution in [-0.2, 0) is 11.2 Å². The lowest BCUT2D eigenvalue weighted by molar-refractivity contribution is -0.123. The minimum Gasteiger partial charge on any atom is -0.484 e. The first-order valence-electron chi connectivity index (χ1n) is 7.36. The molecule has 2 rings (SSSR count). The molecule has 2 aromatic carbocycles. The summed E-state index contributed by atoms with van der Waals surface area (Å²) in [6.07, 6.45) is 3.76. The average molecular weight is 296 g/mol. The summed E-state index contributed by atoms with van der Waals surface area (Å²) in [6, 6.07) is 17.4. The van der Waals surface area contributed by atoms with Gasteiger partial charge >= 0.3 is 0 Å². The predicted octanol–water partition coefficient (Wildman–Crippen LogP) is 3.17. The van der Waals surface area contributed by atoms with Crippen LogP contribution in [0.3, 0.4) is 0 Å². The van der Waals surface area contributed by atoms with Gasteiger partial charge in [-0.1, -0.05) is 55.8 Å². The van der Waals surface area contributed by atoms with Crippen LogP contribution in [0.15, 0.2) is 59.7 Å². The fourth-order valence-corrected chi connectivity index (χ4v) is 1.94. The van der Waals surface area contributed by atoms with Gasteiger partial charge in [0.05, 0.1) is 6.21 Å². The Kier molecular flexibility index (Phi) is 6.18. The van der Waals surface area contributed by atoms with E-state index in [1.807, 2.05) is 54.6 Å². The number of hydrogen-bond donors (Lipinski definition) is 1. The molecule has 0 unspecified atom stereocenters. The number of hydrogen-bond acceptors (Lipinski definition) is 3. The molecule has 1 amide bonds. The number of nitrogens with one attached hydrogen (secondary N) is 1. The molecule has 4 nitrogen and oxygen atoms in total. The van der Waals surface area contributed by atoms with Crippen LogP contribution in [0.4, 0.5) is 0 Å². The van der Waals surface area contributed by atoms with Crippen LogP contribution in [-0.4, -0.2) is 18.7 Å². The Bertz CT molecular complexity index is 607. The number of carbonyl (C=O) groups is 1. The van der Waals surface area contributed by atoms with Gasteiger partial charge in [0.15, 0.2) is 6.61 Å². The monoisotopic (exact) mass is 296 g/mol. The second-order valence-electron chi connectivity index (χ2n) is 4.89. The third-order valence-corrected chi connectivity index (χ3v) is 3.03. The molecule has 0 spiro atoms. The maximum Gasteiger partial charge on any atom is 0.277 e. The summed E-state index contributed by atoms with van der Waals surface area (Å²) in [6.45, 7) is 2.09. The van der Waals surface area contributed by atoms with Crippen molar-refractivity contribution in [2.24, 2.45) is 5.10 Å². The van der Waals surface area contributed by atoms with E-state index in [0.29, 0.717) is 5.75 Å². The molecule has 0 radical (unpaired) electrons. The van der Waals surface area contributed by atoms with Gasteiger partial charge in [-0.05, 0) is 29.7 Å². The Morgan fingerprint density at radius 2 is 1.86 bits per heavy atom. The van der Waals surface area contributed by atoms with E-state index in [4.69, 9.17) is 4.74 Å². The molecule has 0 aliphatic carbocycles. The van der Waals surface area contributed by atoms with Crippen LogP contribution in [0.1, 0.15) is 24.5 Å². The lowest BCUT2D eigenvalue weighted by Gasteiger charge is -2.06. The van der Waals surface area contributed by atoms with E-state index in [1.54, 1.807) is 6.21 Å². The van der Waals surface area contributed by atoms with Crippen molar-refractivity contribution in [3.05, 3.63) is 65.7 Å². The summed E-state index contributed by atoms with van der Waals surface area (Å²) in [5.41, 5.74) is 4.63. The van der Waals surface area contributed by atoms with Gasteiger partial charge in [0, 0.05) is 0 Å². The lowest BCUT2D eigenvalue weighted by Crippen LogP contribution is -2.24. The molecule has 114 valence electrons. The molecule has 0 saturated carbocycles. The van der Waals surface area contributed by atoms with Crippen molar-refractivity contribution in [2.45, 2.75) is 19.8 Å². The summed E-state index contributed by atoms with van der Waals surface area (Å²) >= 11 is 0. The van der Waals surface area contributed by atoms with E-state index >= 15 is 0 Å². The van der Waals surface area contributed by atoms with Crippen molar-refractivity contribution in [1.29, 1.82) is 0 Å². The quantitative estimate of drug-likeness (QED) is 0.630. The number of amides is 1. The molecular weight excluding hydrogens is 276 g/mol. The molecule has 0 bridgehead atoms. The van der Waals surface area contributed by atoms with Crippen molar-refractivity contribution in [3.8, 4) is 5.75 Å². The number of benzene rings is 2. The highest BCUT2D eigenvalue weighted by molar-refractivity contribution is 5.82. The average Bonchev–Trinajstić information content (AvgIpc) is 2.55. The number of aryl methyl sites for hydroxylation is 1. The summed E-state index contributed by atoms with van der Waals surface area (Å²) in [7, 11) is 0. The maximum atomic E-state index is 11.6. The molecular formula is C18H20N2O2. The minimum atomic E-state index is -0.287. The molecule has 4 heteroatoms. The predicted molar refractivity (Wildman–Crippen MR) is 88.1 cm³/mol. The van der Waals surface area contributed by atoms with Crippen molar-refractivity contribution in [3.63, 3.8) is 0 Å². The zero-order chi connectivity index (χ0) is 15.6. The zero-order valence-electron chi connectivity index (χ0n) is 12.7. The Morgan fingerprint density at radius 3 is 2.55 bits per heavy atom. The van der Waals surface area contributed by atoms with E-state index in [1.165, 1.54) is 5.56 Å². The van der Waals surface area contributed by atoms with Gasteiger partial charge in [0.2, 0.25) is 0 Å². The Morgan fingerprint density at radius 1 is 1.14 bits per heavy atom. The highest BCUT2D eigenvalue weighted by atomic mass is 16.5. The smallest absolute Gasteiger partial charge is 0.277 e. The molecule has 2 aromatic rings. The number of ether oxygens (including phenoxy) is 1. The summed E-state index contributed by atoms with van der Waals surface area (Å²) in [5.74, 6) is 0.395. The molecule has 0 fully saturated rings. The topological polar surface area (TPSA) is 50.7 Å². The van der Waals surface area contributed by atoms with Gasteiger partial charge in [-0.15, -0.1) is 0 Å². The minimum absolute atomic E-state index is 0.0563. The van der Waals surface area contributed by atoms with Crippen LogP contribution in [0.25, 0.3) is 0 Å². The molecule has 1 N–H and O–H groups in total. The van der Waals surface area contributed by atoms with E-state index in [9.17, 15) is 4.79 Å². The lowest BCUT2D eigenvalue weighted by atomic mass is 10.1. The highest BCUT2D eigenvalue weighted by Gasteiger charge is 2.01. The second kappa shape index (κ2) is 8.62. The number of rotatable bonds is 7. The SMILES string of the molecule is CCCc1ccc(OCC(=O)N/N=C/c2ccccc2)cc1. The molecule has 22 heavy (non-hydrogen) atoms. The van der Waals surface area contributed by atoms with E-state index < -0.39 is 0 Å². The number of hydrazone groups is 1. The van der Waals surface area contributed by atoms with E-state index in [2.05, 4.69) is 17.5 Å². The van der Waals surface area contributed by atoms with Crippen LogP contribution in [0.2, 0.25) is 0 Å². The second-order valence-corrected chi connectivity index (χ2v) is 4.89. The van der Waals surface area contributed by atoms with Gasteiger partial charge < -0.3 is 4.74 Å². The van der Waals surface area contributed by atoms with E-state index in [-0.39, 0.29) is 12.5 Å². The summed E-state index contributed by atoms with van der Waals surface area (Å²) in [5, 5.41) is 3.89. The fourth-order valence-electron chi connectivity index (χ4n) is 1.94. The van der Waals surface area contributed by atoms with Crippen LogP contribution in [0, 0.1) is 0 Å². The molecule has 0 atom stereocenters. The van der Waals surface area contributed by atoms with Crippen molar-refractivity contribution in [1.82, 2.24) is 5.43 Å². The van der Waals surface area contributed by atoms with Crippen LogP contribution in [0.5, 0.6) is 5.75 Å². The fraction of sp³-hybridized carbons (Fsp3) is 0.222. The van der Waals surface area contributed by atoms with Gasteiger partial charge in [-0.2, -0.15) is 5.10 Å². The first-order valence-corrected chi connectivity index (χ1v) is 7.36. The Balaban J connectivity index is 1.74. The van der Waals surface area contributed by atoms with E-state index in [0.717, 1.165) is 18.4 Å². The van der Waals surface area contributed by atoms with Gasteiger partial charge in [0.25, 0.3) is 5.91 Å². The molecule has 0 saturated heterocycles. The van der Waals surface area contributed by atoms with Crippen molar-refractivity contribution in [2.75, 3.05) is 6.61 Å². The molecule has 0 heterocycles. The molecule has 0 aliphatic rings.